The highest BCUT2D eigenvalue weighted by Crippen LogP contribution is 2.65. The Labute approximate surface area is 168 Å². The van der Waals surface area contributed by atoms with Crippen LogP contribution in [0.2, 0.25) is 0 Å². The lowest BCUT2D eigenvalue weighted by molar-refractivity contribution is -0.520. The minimum atomic E-state index is -9.46. The van der Waals surface area contributed by atoms with Gasteiger partial charge in [-0.25, -0.2) is 4.39 Å². The first-order chi connectivity index (χ1) is 14.1. The van der Waals surface area contributed by atoms with Crippen LogP contribution in [0.5, 0.6) is 0 Å². The number of nitrogens with zero attached hydrogens (tertiary/aromatic N) is 1. The van der Waals surface area contributed by atoms with E-state index in [2.05, 4.69) is 0 Å². The molecule has 0 aliphatic rings. The maximum Gasteiger partial charge on any atom is 0.469 e. The average Bonchev–Trinajstić information content (AvgIpc) is 2.47. The van der Waals surface area contributed by atoms with Crippen molar-refractivity contribution in [2.45, 2.75) is 60.4 Å². The third-order valence-electron chi connectivity index (χ3n) is 3.51. The van der Waals surface area contributed by atoms with E-state index in [1.54, 1.807) is 0 Å². The van der Waals surface area contributed by atoms with Crippen LogP contribution in [0.15, 0.2) is 0 Å². The van der Waals surface area contributed by atoms with Gasteiger partial charge in [-0.15, -0.1) is 0 Å². The minimum Gasteiger partial charge on any atom is -0.216 e. The molecular formula is C10F23N. The molecule has 0 saturated carbocycles. The van der Waals surface area contributed by atoms with Crippen molar-refractivity contribution in [1.29, 1.82) is 0 Å². The Morgan fingerprint density at radius 1 is 0.265 bits per heavy atom. The summed E-state index contributed by atoms with van der Waals surface area (Å²) >= 11 is 0. The Morgan fingerprint density at radius 3 is 0.676 bits per heavy atom. The molecule has 0 atom stereocenters. The predicted molar refractivity (Wildman–Crippen MR) is 54.6 cm³/mol. The zero-order chi connectivity index (χ0) is 28.6. The summed E-state index contributed by atoms with van der Waals surface area (Å²) in [6.07, 6.45) is -33.6. The molecule has 0 aliphatic heterocycles. The fraction of sp³-hybridized carbons (Fsp3) is 1.00. The van der Waals surface area contributed by atoms with Gasteiger partial charge in [0.2, 0.25) is 0 Å². The van der Waals surface area contributed by atoms with Crippen molar-refractivity contribution in [3.8, 4) is 0 Å². The number of hydrogen-bond donors (Lipinski definition) is 0. The third kappa shape index (κ3) is 4.15. The Bertz CT molecular complexity index is 689. The quantitative estimate of drug-likeness (QED) is 0.239. The Kier molecular flexibility index (Phi) is 7.30. The van der Waals surface area contributed by atoms with Gasteiger partial charge < -0.3 is 0 Å². The number of halogens is 23. The number of alkyl halides is 23. The van der Waals surface area contributed by atoms with Crippen molar-refractivity contribution in [2.24, 2.45) is 0 Å². The summed E-state index contributed by atoms with van der Waals surface area (Å²) in [6.45, 7) is 0. The van der Waals surface area contributed by atoms with Crippen LogP contribution in [0.3, 0.4) is 0 Å². The van der Waals surface area contributed by atoms with Gasteiger partial charge in [0, 0.05) is 0 Å². The first-order valence-electron chi connectivity index (χ1n) is 6.77. The van der Waals surface area contributed by atoms with Crippen molar-refractivity contribution in [2.75, 3.05) is 0 Å². The van der Waals surface area contributed by atoms with Gasteiger partial charge in [-0.1, -0.05) is 4.90 Å². The first kappa shape index (κ1) is 32.4. The number of hydrogen-bond acceptors (Lipinski definition) is 1. The van der Waals surface area contributed by atoms with Gasteiger partial charge in [0.25, 0.3) is 0 Å². The summed E-state index contributed by atoms with van der Waals surface area (Å²) < 4.78 is 292. The van der Waals surface area contributed by atoms with Crippen LogP contribution < -0.4 is 0 Å². The van der Waals surface area contributed by atoms with Gasteiger partial charge in [0.05, 0.1) is 0 Å². The predicted octanol–water partition coefficient (Wildman–Crippen LogP) is 7.29. The van der Waals surface area contributed by atoms with Gasteiger partial charge in [-0.05, 0) is 0 Å². The van der Waals surface area contributed by atoms with E-state index in [-0.39, 0.29) is 0 Å². The van der Waals surface area contributed by atoms with Gasteiger partial charge >= 0.3 is 60.4 Å². The van der Waals surface area contributed by atoms with Gasteiger partial charge in [0.1, 0.15) is 0 Å². The molecule has 0 unspecified atom stereocenters. The van der Waals surface area contributed by atoms with E-state index in [4.69, 9.17) is 0 Å². The molecule has 0 aromatic carbocycles. The minimum absolute atomic E-state index is 5.45. The Hall–Kier alpha value is -1.65. The molecule has 0 rings (SSSR count). The smallest absolute Gasteiger partial charge is 0.216 e. The molecule has 206 valence electrons. The average molecular weight is 571 g/mol. The molecular weight excluding hydrogens is 571 g/mol. The molecule has 0 bridgehead atoms. The maximum absolute atomic E-state index is 13.6. The lowest BCUT2D eigenvalue weighted by Gasteiger charge is -2.47. The second-order valence-corrected chi connectivity index (χ2v) is 5.76. The van der Waals surface area contributed by atoms with Gasteiger partial charge in [-0.3, -0.25) is 0 Å². The van der Waals surface area contributed by atoms with E-state index in [9.17, 15) is 101 Å². The highest BCUT2D eigenvalue weighted by atomic mass is 19.4. The molecule has 1 nitrogen and oxygen atoms in total. The standard InChI is InChI=1S/C10F23N/c11-1(4(16,17)18,5(19,20)21)2(12,13)3(14,15)8(28,29)34(9(30,31)6(22,23)24)10(32,33)7(25,26)27. The summed E-state index contributed by atoms with van der Waals surface area (Å²) in [4.78, 5) is -5.45. The molecule has 0 saturated heterocycles. The maximum atomic E-state index is 13.6. The van der Waals surface area contributed by atoms with Crippen LogP contribution in [0.1, 0.15) is 0 Å². The fourth-order valence-corrected chi connectivity index (χ4v) is 1.84. The molecule has 0 N–H and O–H groups in total. The molecule has 0 aliphatic carbocycles. The highest BCUT2D eigenvalue weighted by Gasteiger charge is 2.96. The molecule has 34 heavy (non-hydrogen) atoms. The SMILES string of the molecule is FC(F)(F)C(F)(F)N(C(F)(F)C(F)(F)F)C(F)(F)C(F)(F)C(F)(F)C(F)(C(F)(F)F)C(F)(F)F. The molecule has 0 amide bonds. The third-order valence-corrected chi connectivity index (χ3v) is 3.51. The largest absolute Gasteiger partial charge is 0.469 e. The lowest BCUT2D eigenvalue weighted by atomic mass is 9.89. The normalized spacial score (nSPS) is 16.9. The fourth-order valence-electron chi connectivity index (χ4n) is 1.84. The monoisotopic (exact) mass is 571 g/mol. The van der Waals surface area contributed by atoms with Crippen LogP contribution >= 0.6 is 0 Å². The summed E-state index contributed by atoms with van der Waals surface area (Å²) in [7, 11) is 0. The van der Waals surface area contributed by atoms with Gasteiger partial charge in [-0.2, -0.15) is 96.6 Å². The van der Waals surface area contributed by atoms with Crippen LogP contribution in [0, 0.1) is 0 Å². The van der Waals surface area contributed by atoms with E-state index in [0.29, 0.717) is 0 Å². The van der Waals surface area contributed by atoms with E-state index in [1.807, 2.05) is 0 Å². The summed E-state index contributed by atoms with van der Waals surface area (Å²) in [6, 6.07) is -26.8. The topological polar surface area (TPSA) is 3.24 Å². The van der Waals surface area contributed by atoms with E-state index < -0.39 is 65.3 Å². The molecule has 0 fully saturated rings. The second kappa shape index (κ2) is 7.67. The van der Waals surface area contributed by atoms with Crippen molar-refractivity contribution in [3.05, 3.63) is 0 Å². The molecule has 24 heteroatoms. The van der Waals surface area contributed by atoms with E-state index in [1.165, 1.54) is 0 Å². The summed E-state index contributed by atoms with van der Waals surface area (Å²) in [5.41, 5.74) is -9.04. The summed E-state index contributed by atoms with van der Waals surface area (Å²) in [5.74, 6) is -18.8. The second-order valence-electron chi connectivity index (χ2n) is 5.76. The van der Waals surface area contributed by atoms with Crippen LogP contribution in [0.4, 0.5) is 101 Å². The lowest BCUT2D eigenvalue weighted by Crippen LogP contribution is -2.80. The van der Waals surface area contributed by atoms with E-state index >= 15 is 0 Å². The van der Waals surface area contributed by atoms with Crippen molar-refractivity contribution < 1.29 is 101 Å². The van der Waals surface area contributed by atoms with Crippen molar-refractivity contribution in [3.63, 3.8) is 0 Å². The van der Waals surface area contributed by atoms with Crippen LogP contribution in [0.25, 0.3) is 0 Å². The first-order valence-corrected chi connectivity index (χ1v) is 6.77. The zero-order valence-electron chi connectivity index (χ0n) is 14.1. The van der Waals surface area contributed by atoms with Gasteiger partial charge in [0.15, 0.2) is 0 Å². The summed E-state index contributed by atoms with van der Waals surface area (Å²) in [5, 5.41) is 0. The molecule has 0 aromatic heterocycles. The van der Waals surface area contributed by atoms with E-state index in [0.717, 1.165) is 0 Å². The Morgan fingerprint density at radius 2 is 0.500 bits per heavy atom. The molecule has 0 spiro atoms. The molecule has 0 radical (unpaired) electrons. The molecule has 0 aromatic rings. The zero-order valence-corrected chi connectivity index (χ0v) is 14.1. The van der Waals surface area contributed by atoms with Crippen molar-refractivity contribution in [1.82, 2.24) is 4.90 Å². The Balaban J connectivity index is 7.64. The van der Waals surface area contributed by atoms with Crippen molar-refractivity contribution >= 4 is 0 Å². The highest BCUT2D eigenvalue weighted by molar-refractivity contribution is 5.15. The van der Waals surface area contributed by atoms with Crippen LogP contribution in [-0.2, 0) is 0 Å². The van der Waals surface area contributed by atoms with Crippen LogP contribution in [-0.4, -0.2) is 65.3 Å². The molecule has 0 heterocycles. The number of rotatable bonds is 6.